The minimum absolute atomic E-state index is 0.170. The van der Waals surface area contributed by atoms with E-state index in [1.807, 2.05) is 0 Å². The highest BCUT2D eigenvalue weighted by molar-refractivity contribution is 5.15. The maximum atomic E-state index is 11.9. The van der Waals surface area contributed by atoms with E-state index in [9.17, 15) is 13.2 Å². The lowest BCUT2D eigenvalue weighted by atomic mass is 10.4. The van der Waals surface area contributed by atoms with Crippen LogP contribution < -0.4 is 5.73 Å². The maximum Gasteiger partial charge on any atom is 0.396 e. The molecule has 0 aliphatic rings. The third kappa shape index (κ3) is 3.13. The average Bonchev–Trinajstić information content (AvgIpc) is 1.99. The van der Waals surface area contributed by atoms with Crippen molar-refractivity contribution in [1.29, 1.82) is 0 Å². The van der Waals surface area contributed by atoms with E-state index in [0.29, 0.717) is 0 Å². The molecule has 0 aromatic carbocycles. The van der Waals surface area contributed by atoms with Crippen molar-refractivity contribution in [3.8, 4) is 0 Å². The van der Waals surface area contributed by atoms with Gasteiger partial charge in [0.15, 0.2) is 5.82 Å². The summed E-state index contributed by atoms with van der Waals surface area (Å²) in [5, 5.41) is 8.60. The third-order valence-electron chi connectivity index (χ3n) is 1.25. The van der Waals surface area contributed by atoms with Gasteiger partial charge in [0.05, 0.1) is 0 Å². The van der Waals surface area contributed by atoms with E-state index >= 15 is 0 Å². The average molecular weight is 208 g/mol. The summed E-state index contributed by atoms with van der Waals surface area (Å²) >= 11 is 0. The van der Waals surface area contributed by atoms with Gasteiger partial charge in [-0.3, -0.25) is 0 Å². The van der Waals surface area contributed by atoms with Crippen LogP contribution in [0.5, 0.6) is 0 Å². The number of nitrogens with two attached hydrogens (primary N) is 1. The molecule has 0 saturated carbocycles. The van der Waals surface area contributed by atoms with Gasteiger partial charge in [0.2, 0.25) is 5.95 Å². The number of nitrogen functional groups attached to an aromatic ring is 1. The topological polar surface area (TPSA) is 84.9 Å². The van der Waals surface area contributed by atoms with Gasteiger partial charge in [0.1, 0.15) is 18.9 Å². The molecule has 0 unspecified atom stereocenters. The highest BCUT2D eigenvalue weighted by Gasteiger charge is 2.29. The van der Waals surface area contributed by atoms with Crippen molar-refractivity contribution >= 4 is 5.95 Å². The van der Waals surface area contributed by atoms with Crippen molar-refractivity contribution < 1.29 is 18.3 Å². The fraction of sp³-hybridized carbons (Fsp3) is 0.500. The van der Waals surface area contributed by atoms with E-state index in [4.69, 9.17) is 10.8 Å². The number of hydrogen-bond acceptors (Lipinski definition) is 5. The van der Waals surface area contributed by atoms with Gasteiger partial charge < -0.3 is 10.8 Å². The van der Waals surface area contributed by atoms with E-state index in [1.165, 1.54) is 0 Å². The molecule has 8 heteroatoms. The molecule has 0 atom stereocenters. The van der Waals surface area contributed by atoms with Crippen LogP contribution >= 0.6 is 0 Å². The molecule has 0 spiro atoms. The van der Waals surface area contributed by atoms with Crippen molar-refractivity contribution in [2.75, 3.05) is 5.73 Å². The second kappa shape index (κ2) is 3.74. The second-order valence-electron chi connectivity index (χ2n) is 2.48. The lowest BCUT2D eigenvalue weighted by Gasteiger charge is -2.05. The molecule has 0 aliphatic heterocycles. The Morgan fingerprint density at radius 3 is 2.21 bits per heavy atom. The number of aliphatic hydroxyl groups excluding tert-OH is 1. The lowest BCUT2D eigenvalue weighted by Crippen LogP contribution is -2.16. The molecule has 1 heterocycles. The molecule has 0 fully saturated rings. The molecule has 1 rings (SSSR count). The smallest absolute Gasteiger partial charge is 0.388 e. The zero-order valence-corrected chi connectivity index (χ0v) is 6.91. The van der Waals surface area contributed by atoms with Crippen LogP contribution in [0, 0.1) is 0 Å². The minimum atomic E-state index is -4.40. The van der Waals surface area contributed by atoms with E-state index in [-0.39, 0.29) is 11.8 Å². The summed E-state index contributed by atoms with van der Waals surface area (Å²) in [6, 6.07) is 0. The first-order valence-corrected chi connectivity index (χ1v) is 3.57. The molecule has 1 aromatic rings. The Morgan fingerprint density at radius 2 is 1.71 bits per heavy atom. The monoisotopic (exact) mass is 208 g/mol. The highest BCUT2D eigenvalue weighted by atomic mass is 19.4. The fourth-order valence-corrected chi connectivity index (χ4v) is 0.817. The van der Waals surface area contributed by atoms with Crippen LogP contribution in [0.2, 0.25) is 0 Å². The van der Waals surface area contributed by atoms with Crippen molar-refractivity contribution in [2.24, 2.45) is 0 Å². The number of rotatable bonds is 2. The summed E-state index contributed by atoms with van der Waals surface area (Å²) in [6.45, 7) is -0.572. The first-order valence-electron chi connectivity index (χ1n) is 3.57. The molecule has 14 heavy (non-hydrogen) atoms. The van der Waals surface area contributed by atoms with Crippen LogP contribution in [0.25, 0.3) is 0 Å². The summed E-state index contributed by atoms with van der Waals surface area (Å²) in [4.78, 5) is 10.1. The second-order valence-corrected chi connectivity index (χ2v) is 2.48. The van der Waals surface area contributed by atoms with Gasteiger partial charge in [-0.25, -0.2) is 4.98 Å². The van der Waals surface area contributed by atoms with Crippen molar-refractivity contribution in [3.05, 3.63) is 11.6 Å². The summed E-state index contributed by atoms with van der Waals surface area (Å²) < 4.78 is 35.7. The molecule has 0 saturated heterocycles. The summed E-state index contributed by atoms with van der Waals surface area (Å²) in [5.74, 6) is -0.992. The number of hydrogen-bond donors (Lipinski definition) is 2. The van der Waals surface area contributed by atoms with Crippen LogP contribution in [-0.4, -0.2) is 26.2 Å². The fourth-order valence-electron chi connectivity index (χ4n) is 0.817. The van der Waals surface area contributed by atoms with E-state index < -0.39 is 25.0 Å². The zero-order valence-electron chi connectivity index (χ0n) is 6.91. The molecule has 0 aliphatic carbocycles. The largest absolute Gasteiger partial charge is 0.396 e. The molecule has 0 bridgehead atoms. The Morgan fingerprint density at radius 1 is 1.14 bits per heavy atom. The van der Waals surface area contributed by atoms with Crippen molar-refractivity contribution in [2.45, 2.75) is 19.2 Å². The van der Waals surface area contributed by atoms with Gasteiger partial charge in [0.25, 0.3) is 0 Å². The highest BCUT2D eigenvalue weighted by Crippen LogP contribution is 2.19. The number of aliphatic hydroxyl groups is 1. The predicted octanol–water partition coefficient (Wildman–Crippen LogP) is 0.0509. The van der Waals surface area contributed by atoms with Crippen LogP contribution in [-0.2, 0) is 13.0 Å². The molecular formula is C6H7F3N4O. The molecule has 78 valence electrons. The lowest BCUT2D eigenvalue weighted by molar-refractivity contribution is -0.128. The number of alkyl halides is 3. The number of halogens is 3. The Balaban J connectivity index is 2.92. The van der Waals surface area contributed by atoms with E-state index in [2.05, 4.69) is 15.0 Å². The Bertz CT molecular complexity index is 327. The van der Waals surface area contributed by atoms with Crippen LogP contribution in [0.3, 0.4) is 0 Å². The van der Waals surface area contributed by atoms with Gasteiger partial charge in [-0.05, 0) is 0 Å². The van der Waals surface area contributed by atoms with Crippen LogP contribution in [0.4, 0.5) is 19.1 Å². The van der Waals surface area contributed by atoms with Gasteiger partial charge in [-0.1, -0.05) is 0 Å². The number of nitrogens with zero attached hydrogens (tertiary/aromatic N) is 3. The van der Waals surface area contributed by atoms with Crippen molar-refractivity contribution in [3.63, 3.8) is 0 Å². The standard InChI is InChI=1S/C6H7F3N4O/c7-6(8,9)1-3-11-4(2-14)13-5(10)12-3/h14H,1-2H2,(H2,10,11,12,13). The Hall–Kier alpha value is -1.44. The molecule has 0 amide bonds. The minimum Gasteiger partial charge on any atom is -0.388 e. The normalized spacial score (nSPS) is 11.7. The molecule has 1 aromatic heterocycles. The van der Waals surface area contributed by atoms with E-state index in [0.717, 1.165) is 0 Å². The number of anilines is 1. The Kier molecular flexibility index (Phi) is 2.84. The zero-order chi connectivity index (χ0) is 10.8. The number of aromatic nitrogens is 3. The summed E-state index contributed by atoms with van der Waals surface area (Å²) in [5.41, 5.74) is 5.11. The van der Waals surface area contributed by atoms with Gasteiger partial charge in [-0.15, -0.1) is 0 Å². The van der Waals surface area contributed by atoms with Crippen LogP contribution in [0.15, 0.2) is 0 Å². The van der Waals surface area contributed by atoms with Gasteiger partial charge in [0, 0.05) is 0 Å². The third-order valence-corrected chi connectivity index (χ3v) is 1.25. The SMILES string of the molecule is Nc1nc(CO)nc(CC(F)(F)F)n1. The predicted molar refractivity (Wildman–Crippen MR) is 39.9 cm³/mol. The van der Waals surface area contributed by atoms with E-state index in [1.54, 1.807) is 0 Å². The molecule has 5 nitrogen and oxygen atoms in total. The van der Waals surface area contributed by atoms with Gasteiger partial charge >= 0.3 is 6.18 Å². The van der Waals surface area contributed by atoms with Crippen LogP contribution in [0.1, 0.15) is 11.6 Å². The summed E-state index contributed by atoms with van der Waals surface area (Å²) in [6.07, 6.45) is -5.69. The first kappa shape index (κ1) is 10.6. The van der Waals surface area contributed by atoms with Gasteiger partial charge in [-0.2, -0.15) is 23.1 Å². The molecule has 3 N–H and O–H groups in total. The summed E-state index contributed by atoms with van der Waals surface area (Å²) in [7, 11) is 0. The maximum absolute atomic E-state index is 11.9. The Labute approximate surface area is 76.8 Å². The first-order chi connectivity index (χ1) is 6.40. The van der Waals surface area contributed by atoms with Crippen molar-refractivity contribution in [1.82, 2.24) is 15.0 Å². The molecule has 0 radical (unpaired) electrons. The molecular weight excluding hydrogens is 201 g/mol. The quantitative estimate of drug-likeness (QED) is 0.717.